The molecule has 0 bridgehead atoms. The molecule has 0 saturated heterocycles. The lowest BCUT2D eigenvalue weighted by Crippen LogP contribution is -2.14. The van der Waals surface area contributed by atoms with Gasteiger partial charge in [-0.15, -0.1) is 0 Å². The number of rotatable bonds is 4. The van der Waals surface area contributed by atoms with Crippen molar-refractivity contribution in [1.82, 2.24) is 14.5 Å². The quantitative estimate of drug-likeness (QED) is 0.205. The van der Waals surface area contributed by atoms with Gasteiger partial charge in [0, 0.05) is 16.6 Å². The number of hydrogen-bond acceptors (Lipinski definition) is 3. The summed E-state index contributed by atoms with van der Waals surface area (Å²) in [6.45, 7) is 0. The first-order valence-electron chi connectivity index (χ1n) is 15.5. The Morgan fingerprint density at radius 2 is 1.15 bits per heavy atom. The predicted octanol–water partition coefficient (Wildman–Crippen LogP) is 10.9. The molecule has 0 N–H and O–H groups in total. The van der Waals surface area contributed by atoms with Gasteiger partial charge in [-0.3, -0.25) is 9.47 Å². The highest BCUT2D eigenvalue weighted by Gasteiger charge is 2.26. The summed E-state index contributed by atoms with van der Waals surface area (Å²) in [5.41, 5.74) is 12.5. The van der Waals surface area contributed by atoms with E-state index >= 15 is 0 Å². The molecule has 0 aliphatic carbocycles. The monoisotopic (exact) mass is 588 g/mol. The highest BCUT2D eigenvalue weighted by molar-refractivity contribution is 6.08. The van der Waals surface area contributed by atoms with Crippen LogP contribution in [-0.2, 0) is 0 Å². The fraction of sp³-hybridized carbons (Fsp3) is 0. The second kappa shape index (κ2) is 10.7. The second-order valence-electron chi connectivity index (χ2n) is 11.5. The number of aromatic nitrogens is 3. The van der Waals surface area contributed by atoms with Crippen molar-refractivity contribution in [1.29, 1.82) is 0 Å². The lowest BCUT2D eigenvalue weighted by molar-refractivity contribution is 1.09. The van der Waals surface area contributed by atoms with Crippen LogP contribution in [0.3, 0.4) is 0 Å². The van der Waals surface area contributed by atoms with Crippen LogP contribution in [0.5, 0.6) is 0 Å². The average molecular weight is 589 g/mol. The van der Waals surface area contributed by atoms with Crippen LogP contribution >= 0.6 is 0 Å². The number of para-hydroxylation sites is 3. The van der Waals surface area contributed by atoms with Crippen molar-refractivity contribution in [3.8, 4) is 27.9 Å². The summed E-state index contributed by atoms with van der Waals surface area (Å²) in [5, 5.41) is 1.07. The number of hydrogen-bond donors (Lipinski definition) is 0. The van der Waals surface area contributed by atoms with Gasteiger partial charge in [-0.05, 0) is 64.7 Å². The number of benzene rings is 6. The summed E-state index contributed by atoms with van der Waals surface area (Å²) >= 11 is 0. The third kappa shape index (κ3) is 4.23. The molecule has 2 aromatic heterocycles. The molecule has 0 saturated carbocycles. The molecular formula is C42H28N4. The molecule has 1 aliphatic heterocycles. The van der Waals surface area contributed by atoms with Crippen LogP contribution < -0.4 is 4.90 Å². The normalized spacial score (nSPS) is 12.2. The molecule has 8 aromatic rings. The standard InChI is InChI=1S/C42H28N4/c1-4-14-29(15-5-1)32-25-27-39(35(28-32)30-16-6-2-7-17-30)46-38-23-13-11-21-34(38)40-42(46)44-41-36(43-40)26-24-31-18-10-12-22-37(31)45(41)33-19-8-3-9-20-33/h1-28H. The summed E-state index contributed by atoms with van der Waals surface area (Å²) in [6, 6.07) is 55.3. The van der Waals surface area contributed by atoms with Crippen molar-refractivity contribution in [2.45, 2.75) is 0 Å². The minimum atomic E-state index is 0.797. The van der Waals surface area contributed by atoms with Crippen LogP contribution in [0.15, 0.2) is 158 Å². The van der Waals surface area contributed by atoms with Gasteiger partial charge in [0.25, 0.3) is 0 Å². The Labute approximate surface area is 267 Å². The molecule has 4 nitrogen and oxygen atoms in total. The Bertz CT molecular complexity index is 2410. The molecule has 0 unspecified atom stereocenters. The fourth-order valence-electron chi connectivity index (χ4n) is 6.61. The van der Waals surface area contributed by atoms with Crippen LogP contribution in [-0.4, -0.2) is 14.5 Å². The Morgan fingerprint density at radius 1 is 0.478 bits per heavy atom. The van der Waals surface area contributed by atoms with Gasteiger partial charge in [-0.2, -0.15) is 0 Å². The first-order chi connectivity index (χ1) is 22.8. The van der Waals surface area contributed by atoms with E-state index in [2.05, 4.69) is 173 Å². The smallest absolute Gasteiger partial charge is 0.166 e. The molecule has 0 atom stereocenters. The van der Waals surface area contributed by atoms with Crippen LogP contribution in [0.1, 0.15) is 11.3 Å². The molecule has 216 valence electrons. The van der Waals surface area contributed by atoms with E-state index in [-0.39, 0.29) is 0 Å². The Hall–Kier alpha value is -6.26. The van der Waals surface area contributed by atoms with E-state index in [1.54, 1.807) is 0 Å². The molecule has 6 aromatic carbocycles. The summed E-state index contributed by atoms with van der Waals surface area (Å²) in [4.78, 5) is 13.1. The lowest BCUT2D eigenvalue weighted by atomic mass is 9.97. The van der Waals surface area contributed by atoms with E-state index in [1.165, 1.54) is 11.1 Å². The maximum Gasteiger partial charge on any atom is 0.166 e. The SMILES string of the molecule is C1=Cc2nc3c4ccccc4n(-c4ccc(-c5ccccc5)cc4-c4ccccc4)c3nc2N(c2ccccc2)c2ccccc21. The number of anilines is 3. The first kappa shape index (κ1) is 26.2. The largest absolute Gasteiger partial charge is 0.293 e. The maximum atomic E-state index is 5.54. The van der Waals surface area contributed by atoms with Crippen molar-refractivity contribution in [2.24, 2.45) is 0 Å². The van der Waals surface area contributed by atoms with Crippen molar-refractivity contribution in [3.63, 3.8) is 0 Å². The third-order valence-corrected chi connectivity index (χ3v) is 8.75. The van der Waals surface area contributed by atoms with Gasteiger partial charge in [0.1, 0.15) is 11.2 Å². The van der Waals surface area contributed by atoms with E-state index in [0.717, 1.165) is 67.3 Å². The van der Waals surface area contributed by atoms with Gasteiger partial charge in [-0.1, -0.05) is 127 Å². The number of nitrogens with zero attached hydrogens (tertiary/aromatic N) is 4. The molecule has 9 rings (SSSR count). The van der Waals surface area contributed by atoms with Crippen molar-refractivity contribution < 1.29 is 0 Å². The lowest BCUT2D eigenvalue weighted by Gasteiger charge is -2.25. The third-order valence-electron chi connectivity index (χ3n) is 8.75. The van der Waals surface area contributed by atoms with Gasteiger partial charge < -0.3 is 0 Å². The minimum Gasteiger partial charge on any atom is -0.293 e. The van der Waals surface area contributed by atoms with Crippen LogP contribution in [0, 0.1) is 0 Å². The van der Waals surface area contributed by atoms with E-state index in [9.17, 15) is 0 Å². The van der Waals surface area contributed by atoms with Crippen molar-refractivity contribution in [3.05, 3.63) is 169 Å². The number of fused-ring (bicyclic) bond motifs is 5. The summed E-state index contributed by atoms with van der Waals surface area (Å²) in [5.74, 6) is 0.797. The highest BCUT2D eigenvalue weighted by atomic mass is 15.2. The van der Waals surface area contributed by atoms with Gasteiger partial charge in [0.15, 0.2) is 11.5 Å². The zero-order chi connectivity index (χ0) is 30.5. The van der Waals surface area contributed by atoms with E-state index in [4.69, 9.17) is 9.97 Å². The van der Waals surface area contributed by atoms with Crippen molar-refractivity contribution in [2.75, 3.05) is 4.90 Å². The zero-order valence-electron chi connectivity index (χ0n) is 25.0. The second-order valence-corrected chi connectivity index (χ2v) is 11.5. The van der Waals surface area contributed by atoms with Gasteiger partial charge in [0.2, 0.25) is 0 Å². The van der Waals surface area contributed by atoms with E-state index in [0.29, 0.717) is 0 Å². The van der Waals surface area contributed by atoms with Crippen LogP contribution in [0.2, 0.25) is 0 Å². The summed E-state index contributed by atoms with van der Waals surface area (Å²) in [7, 11) is 0. The predicted molar refractivity (Wildman–Crippen MR) is 191 cm³/mol. The van der Waals surface area contributed by atoms with Crippen molar-refractivity contribution >= 4 is 51.4 Å². The van der Waals surface area contributed by atoms with E-state index < -0.39 is 0 Å². The van der Waals surface area contributed by atoms with Gasteiger partial charge in [-0.25, -0.2) is 9.97 Å². The first-order valence-corrected chi connectivity index (χ1v) is 15.5. The fourth-order valence-corrected chi connectivity index (χ4v) is 6.61. The Kier molecular flexibility index (Phi) is 6.10. The van der Waals surface area contributed by atoms with Gasteiger partial charge in [0.05, 0.1) is 16.9 Å². The molecule has 0 fully saturated rings. The summed E-state index contributed by atoms with van der Waals surface area (Å²) < 4.78 is 2.29. The zero-order valence-corrected chi connectivity index (χ0v) is 25.0. The molecule has 0 spiro atoms. The Morgan fingerprint density at radius 3 is 1.96 bits per heavy atom. The van der Waals surface area contributed by atoms with Crippen LogP contribution in [0.25, 0.3) is 62.2 Å². The highest BCUT2D eigenvalue weighted by Crippen LogP contribution is 2.43. The molecule has 46 heavy (non-hydrogen) atoms. The van der Waals surface area contributed by atoms with E-state index in [1.807, 2.05) is 6.07 Å². The topological polar surface area (TPSA) is 34.0 Å². The van der Waals surface area contributed by atoms with Gasteiger partial charge >= 0.3 is 0 Å². The molecule has 1 aliphatic rings. The maximum absolute atomic E-state index is 5.54. The molecule has 0 amide bonds. The molecule has 4 heteroatoms. The minimum absolute atomic E-state index is 0.797. The average Bonchev–Trinajstić information content (AvgIpc) is 3.35. The Balaban J connectivity index is 1.36. The molecular weight excluding hydrogens is 560 g/mol. The van der Waals surface area contributed by atoms with Crippen LogP contribution in [0.4, 0.5) is 17.2 Å². The summed E-state index contributed by atoms with van der Waals surface area (Å²) in [6.07, 6.45) is 4.24. The molecule has 0 radical (unpaired) electrons. The molecule has 3 heterocycles.